The van der Waals surface area contributed by atoms with Crippen LogP contribution in [0.1, 0.15) is 35.4 Å². The van der Waals surface area contributed by atoms with Crippen molar-refractivity contribution >= 4 is 34.6 Å². The molecule has 0 fully saturated rings. The molecule has 10 heteroatoms. The highest BCUT2D eigenvalue weighted by Gasteiger charge is 2.10. The fourth-order valence-corrected chi connectivity index (χ4v) is 4.56. The van der Waals surface area contributed by atoms with Crippen LogP contribution in [-0.2, 0) is 45.4 Å². The van der Waals surface area contributed by atoms with Crippen molar-refractivity contribution in [1.29, 1.82) is 0 Å². The van der Waals surface area contributed by atoms with Crippen LogP contribution in [0.4, 0.5) is 0 Å². The summed E-state index contributed by atoms with van der Waals surface area (Å²) in [5.74, 6) is -0.781. The van der Waals surface area contributed by atoms with Gasteiger partial charge in [0.05, 0.1) is 12.8 Å². The number of aromatic nitrogens is 2. The van der Waals surface area contributed by atoms with Gasteiger partial charge in [0.15, 0.2) is 0 Å². The normalized spacial score (nSPS) is 10.8. The van der Waals surface area contributed by atoms with Gasteiger partial charge < -0.3 is 18.6 Å². The van der Waals surface area contributed by atoms with Crippen molar-refractivity contribution < 1.29 is 19.1 Å². The monoisotopic (exact) mass is 476 g/mol. The van der Waals surface area contributed by atoms with Gasteiger partial charge in [-0.1, -0.05) is 40.9 Å². The highest BCUT2D eigenvalue weighted by molar-refractivity contribution is 7.07. The Kier molecular flexibility index (Phi) is 8.18. The van der Waals surface area contributed by atoms with Crippen LogP contribution in [0.3, 0.4) is 0 Å². The molecule has 0 spiro atoms. The zero-order valence-electron chi connectivity index (χ0n) is 17.9. The van der Waals surface area contributed by atoms with Crippen molar-refractivity contribution in [3.63, 3.8) is 0 Å². The summed E-state index contributed by atoms with van der Waals surface area (Å²) in [5, 5.41) is 3.52. The van der Waals surface area contributed by atoms with E-state index in [2.05, 4.69) is 0 Å². The van der Waals surface area contributed by atoms with E-state index in [9.17, 15) is 19.2 Å². The number of esters is 2. The molecule has 0 saturated heterocycles. The number of benzene rings is 1. The Bertz CT molecular complexity index is 1110. The van der Waals surface area contributed by atoms with Gasteiger partial charge in [0.2, 0.25) is 0 Å². The van der Waals surface area contributed by atoms with Crippen LogP contribution in [0.25, 0.3) is 0 Å². The second kappa shape index (κ2) is 11.1. The Balaban J connectivity index is 1.42. The van der Waals surface area contributed by atoms with E-state index in [1.54, 1.807) is 26.0 Å². The number of hydrogen-bond acceptors (Lipinski definition) is 8. The fourth-order valence-electron chi connectivity index (χ4n) is 3.04. The van der Waals surface area contributed by atoms with Gasteiger partial charge >= 0.3 is 21.7 Å². The first-order valence-corrected chi connectivity index (χ1v) is 11.8. The Morgan fingerprint density at radius 3 is 1.62 bits per heavy atom. The lowest BCUT2D eigenvalue weighted by atomic mass is 10.1. The van der Waals surface area contributed by atoms with Gasteiger partial charge in [-0.25, -0.2) is 0 Å². The Hall–Kier alpha value is -2.98. The summed E-state index contributed by atoms with van der Waals surface area (Å²) in [6, 6.07) is 7.24. The zero-order valence-corrected chi connectivity index (χ0v) is 19.5. The number of carbonyl (C=O) groups excluding carboxylic acids is 2. The zero-order chi connectivity index (χ0) is 23.1. The number of nitrogens with zero attached hydrogens (tertiary/aromatic N) is 2. The molecule has 0 aliphatic heterocycles. The van der Waals surface area contributed by atoms with Gasteiger partial charge in [0.25, 0.3) is 0 Å². The Morgan fingerprint density at radius 2 is 1.25 bits per heavy atom. The van der Waals surface area contributed by atoms with Crippen molar-refractivity contribution in [1.82, 2.24) is 9.13 Å². The predicted molar refractivity (Wildman–Crippen MR) is 122 cm³/mol. The number of ether oxygens (including phenoxy) is 2. The molecule has 0 saturated carbocycles. The summed E-state index contributed by atoms with van der Waals surface area (Å²) in [6.45, 7) is 4.42. The number of rotatable bonds is 10. The molecule has 32 heavy (non-hydrogen) atoms. The minimum atomic E-state index is -0.390. The third-order valence-corrected chi connectivity index (χ3v) is 6.58. The van der Waals surface area contributed by atoms with Crippen molar-refractivity contribution in [2.24, 2.45) is 0 Å². The molecule has 0 atom stereocenters. The van der Waals surface area contributed by atoms with Crippen LogP contribution >= 0.6 is 22.7 Å². The van der Waals surface area contributed by atoms with Gasteiger partial charge in [0.1, 0.15) is 13.2 Å². The summed E-state index contributed by atoms with van der Waals surface area (Å²) in [6.07, 6.45) is 0.225. The van der Waals surface area contributed by atoms with Crippen molar-refractivity contribution in [3.8, 4) is 0 Å². The molecule has 0 aliphatic carbocycles. The van der Waals surface area contributed by atoms with E-state index >= 15 is 0 Å². The molecule has 0 radical (unpaired) electrons. The average Bonchev–Trinajstić information content (AvgIpc) is 3.28. The molecular weight excluding hydrogens is 452 g/mol. The van der Waals surface area contributed by atoms with Gasteiger partial charge in [-0.05, 0) is 31.0 Å². The second-order valence-electron chi connectivity index (χ2n) is 7.23. The third kappa shape index (κ3) is 6.51. The maximum atomic E-state index is 12.0. The number of thiazole rings is 2. The lowest BCUT2D eigenvalue weighted by molar-refractivity contribution is -0.145. The van der Waals surface area contributed by atoms with E-state index in [0.717, 1.165) is 45.2 Å². The standard InChI is InChI=1S/C22H24N2O6S2/c1-15-13-31-21(27)23(15)8-6-19(25)29-11-17-4-3-5-18(10-17)12-30-20(26)7-9-24-16(2)14-32-22(24)28/h3-5,10,13-14H,6-9,11-12H2,1-2H3. The first kappa shape index (κ1) is 23.7. The lowest BCUT2D eigenvalue weighted by Crippen LogP contribution is -2.18. The fraction of sp³-hybridized carbons (Fsp3) is 0.364. The van der Waals surface area contributed by atoms with Gasteiger partial charge in [0, 0.05) is 35.2 Å². The van der Waals surface area contributed by atoms with Crippen LogP contribution < -0.4 is 9.75 Å². The molecule has 3 rings (SSSR count). The van der Waals surface area contributed by atoms with Crippen molar-refractivity contribution in [2.45, 2.75) is 53.0 Å². The first-order chi connectivity index (χ1) is 15.3. The largest absolute Gasteiger partial charge is 0.461 e. The van der Waals surface area contributed by atoms with Crippen molar-refractivity contribution in [3.05, 3.63) is 76.9 Å². The van der Waals surface area contributed by atoms with Crippen LogP contribution in [0, 0.1) is 13.8 Å². The summed E-state index contributed by atoms with van der Waals surface area (Å²) >= 11 is 2.22. The molecule has 2 heterocycles. The molecule has 0 N–H and O–H groups in total. The molecule has 2 aromatic heterocycles. The maximum absolute atomic E-state index is 12.0. The molecule has 0 bridgehead atoms. The van der Waals surface area contributed by atoms with Crippen LogP contribution in [0.5, 0.6) is 0 Å². The van der Waals surface area contributed by atoms with E-state index in [4.69, 9.17) is 9.47 Å². The highest BCUT2D eigenvalue weighted by atomic mass is 32.1. The predicted octanol–water partition coefficient (Wildman–Crippen LogP) is 3.02. The molecule has 0 aliphatic rings. The Morgan fingerprint density at radius 1 is 0.812 bits per heavy atom. The lowest BCUT2D eigenvalue weighted by Gasteiger charge is -2.09. The van der Waals surface area contributed by atoms with Crippen LogP contribution in [0.2, 0.25) is 0 Å². The topological polar surface area (TPSA) is 96.6 Å². The number of carbonyl (C=O) groups is 2. The SMILES string of the molecule is Cc1csc(=O)n1CCC(=O)OCc1cccc(COC(=O)CCn2c(C)csc2=O)c1. The van der Waals surface area contributed by atoms with Gasteiger partial charge in [-0.15, -0.1) is 0 Å². The summed E-state index contributed by atoms with van der Waals surface area (Å²) in [4.78, 5) is 47.2. The summed E-state index contributed by atoms with van der Waals surface area (Å²) in [7, 11) is 0. The van der Waals surface area contributed by atoms with Crippen molar-refractivity contribution in [2.75, 3.05) is 0 Å². The Labute approximate surface area is 192 Å². The van der Waals surface area contributed by atoms with E-state index in [1.165, 1.54) is 0 Å². The van der Waals surface area contributed by atoms with Gasteiger partial charge in [-0.2, -0.15) is 0 Å². The molecule has 0 amide bonds. The maximum Gasteiger partial charge on any atom is 0.307 e. The smallest absolute Gasteiger partial charge is 0.307 e. The molecule has 170 valence electrons. The number of aryl methyl sites for hydroxylation is 2. The van der Waals surface area contributed by atoms with Crippen LogP contribution in [-0.4, -0.2) is 21.1 Å². The molecular formula is C22H24N2O6S2. The minimum absolute atomic E-state index is 0.0879. The minimum Gasteiger partial charge on any atom is -0.461 e. The number of hydrogen-bond donors (Lipinski definition) is 0. The summed E-state index contributed by atoms with van der Waals surface area (Å²) < 4.78 is 13.7. The second-order valence-corrected chi connectivity index (χ2v) is 8.87. The molecule has 8 nitrogen and oxygen atoms in total. The summed E-state index contributed by atoms with van der Waals surface area (Å²) in [5.41, 5.74) is 3.20. The van der Waals surface area contributed by atoms with E-state index in [0.29, 0.717) is 13.1 Å². The van der Waals surface area contributed by atoms with E-state index < -0.39 is 11.9 Å². The molecule has 3 aromatic rings. The third-order valence-electron chi connectivity index (χ3n) is 4.82. The van der Waals surface area contributed by atoms with Gasteiger partial charge in [-0.3, -0.25) is 19.2 Å². The molecule has 1 aromatic carbocycles. The molecule has 0 unspecified atom stereocenters. The first-order valence-electron chi connectivity index (χ1n) is 10.0. The van der Waals surface area contributed by atoms with E-state index in [1.807, 2.05) is 32.0 Å². The quantitative estimate of drug-likeness (QED) is 0.418. The average molecular weight is 477 g/mol. The highest BCUT2D eigenvalue weighted by Crippen LogP contribution is 2.10. The van der Waals surface area contributed by atoms with Crippen LogP contribution in [0.15, 0.2) is 44.6 Å². The van der Waals surface area contributed by atoms with E-state index in [-0.39, 0.29) is 35.8 Å².